The Bertz CT molecular complexity index is 485. The van der Waals surface area contributed by atoms with Crippen molar-refractivity contribution in [3.63, 3.8) is 0 Å². The number of imidazole rings is 1. The van der Waals surface area contributed by atoms with Gasteiger partial charge in [0.05, 0.1) is 5.92 Å². The van der Waals surface area contributed by atoms with Crippen LogP contribution in [0.2, 0.25) is 0 Å². The second-order valence-electron chi connectivity index (χ2n) is 6.62. The second-order valence-corrected chi connectivity index (χ2v) is 6.62. The van der Waals surface area contributed by atoms with Gasteiger partial charge in [-0.15, -0.1) is 0 Å². The minimum Gasteiger partial charge on any atom is -0.342 e. The third-order valence-electron chi connectivity index (χ3n) is 5.08. The van der Waals surface area contributed by atoms with Gasteiger partial charge in [-0.2, -0.15) is 0 Å². The van der Waals surface area contributed by atoms with Crippen LogP contribution in [0.25, 0.3) is 0 Å². The van der Waals surface area contributed by atoms with Crippen molar-refractivity contribution >= 4 is 5.91 Å². The van der Waals surface area contributed by atoms with E-state index < -0.39 is 0 Å². The summed E-state index contributed by atoms with van der Waals surface area (Å²) in [7, 11) is 0. The number of nitrogens with one attached hydrogen (secondary N) is 1. The van der Waals surface area contributed by atoms with Gasteiger partial charge in [0.2, 0.25) is 5.91 Å². The molecule has 122 valence electrons. The standard InChI is InChI=1S/C17H28N4O/c1-2-3-9-20-12-8-19-16(20)14-5-10-21(11-6-14)17(22)15-4-7-18-13-15/h8,12,14-15,18H,2-7,9-11,13H2,1H3/t15-/m0/s1. The molecule has 1 atom stereocenters. The van der Waals surface area contributed by atoms with Crippen molar-refractivity contribution in [3.05, 3.63) is 18.2 Å². The molecule has 2 aliphatic heterocycles. The van der Waals surface area contributed by atoms with Crippen molar-refractivity contribution in [2.75, 3.05) is 26.2 Å². The molecule has 1 aromatic heterocycles. The Hall–Kier alpha value is -1.36. The fourth-order valence-electron chi connectivity index (χ4n) is 3.68. The molecule has 3 heterocycles. The van der Waals surface area contributed by atoms with E-state index in [0.29, 0.717) is 11.8 Å². The summed E-state index contributed by atoms with van der Waals surface area (Å²) in [6, 6.07) is 0. The van der Waals surface area contributed by atoms with Gasteiger partial charge in [-0.3, -0.25) is 4.79 Å². The van der Waals surface area contributed by atoms with Crippen LogP contribution in [-0.4, -0.2) is 46.5 Å². The molecule has 3 rings (SSSR count). The number of amides is 1. The highest BCUT2D eigenvalue weighted by Gasteiger charge is 2.31. The number of carbonyl (C=O) groups is 1. The normalized spacial score (nSPS) is 23.1. The molecule has 1 amide bonds. The number of piperidine rings is 1. The van der Waals surface area contributed by atoms with Crippen LogP contribution in [0.5, 0.6) is 0 Å². The summed E-state index contributed by atoms with van der Waals surface area (Å²) in [5.41, 5.74) is 0. The highest BCUT2D eigenvalue weighted by molar-refractivity contribution is 5.79. The van der Waals surface area contributed by atoms with Crippen LogP contribution in [0.15, 0.2) is 12.4 Å². The van der Waals surface area contributed by atoms with Crippen molar-refractivity contribution in [3.8, 4) is 0 Å². The zero-order valence-electron chi connectivity index (χ0n) is 13.6. The summed E-state index contributed by atoms with van der Waals surface area (Å²) in [5.74, 6) is 2.31. The molecule has 2 saturated heterocycles. The van der Waals surface area contributed by atoms with Crippen LogP contribution >= 0.6 is 0 Å². The SMILES string of the molecule is CCCCn1ccnc1C1CCN(C(=O)[C@H]2CCNC2)CC1. The topological polar surface area (TPSA) is 50.2 Å². The lowest BCUT2D eigenvalue weighted by Gasteiger charge is -2.33. The number of hydrogen-bond acceptors (Lipinski definition) is 3. The molecule has 5 heteroatoms. The van der Waals surface area contributed by atoms with Crippen molar-refractivity contribution in [2.45, 2.75) is 51.5 Å². The minimum atomic E-state index is 0.211. The average molecular weight is 304 g/mol. The first-order chi connectivity index (χ1) is 10.8. The molecule has 0 bridgehead atoms. The van der Waals surface area contributed by atoms with E-state index in [1.54, 1.807) is 0 Å². The molecule has 1 N–H and O–H groups in total. The lowest BCUT2D eigenvalue weighted by molar-refractivity contribution is -0.136. The van der Waals surface area contributed by atoms with Crippen molar-refractivity contribution in [1.29, 1.82) is 0 Å². The van der Waals surface area contributed by atoms with Crippen LogP contribution in [0.3, 0.4) is 0 Å². The first kappa shape index (κ1) is 15.5. The van der Waals surface area contributed by atoms with Gasteiger partial charge in [0.1, 0.15) is 5.82 Å². The van der Waals surface area contributed by atoms with Gasteiger partial charge in [-0.1, -0.05) is 13.3 Å². The molecular weight excluding hydrogens is 276 g/mol. The number of carbonyl (C=O) groups excluding carboxylic acids is 1. The van der Waals surface area contributed by atoms with Crippen LogP contribution in [0.4, 0.5) is 0 Å². The van der Waals surface area contributed by atoms with Crippen molar-refractivity contribution in [2.24, 2.45) is 5.92 Å². The maximum Gasteiger partial charge on any atom is 0.227 e. The lowest BCUT2D eigenvalue weighted by Crippen LogP contribution is -2.42. The largest absolute Gasteiger partial charge is 0.342 e. The molecule has 0 spiro atoms. The average Bonchev–Trinajstić information content (AvgIpc) is 3.24. The Balaban J connectivity index is 1.55. The van der Waals surface area contributed by atoms with Gasteiger partial charge in [0.25, 0.3) is 0 Å². The van der Waals surface area contributed by atoms with Crippen LogP contribution in [-0.2, 0) is 11.3 Å². The van der Waals surface area contributed by atoms with E-state index in [1.807, 2.05) is 6.20 Å². The molecule has 0 unspecified atom stereocenters. The summed E-state index contributed by atoms with van der Waals surface area (Å²) < 4.78 is 2.31. The number of rotatable bonds is 5. The predicted molar refractivity (Wildman–Crippen MR) is 86.7 cm³/mol. The molecule has 5 nitrogen and oxygen atoms in total. The fourth-order valence-corrected chi connectivity index (χ4v) is 3.68. The number of unbranched alkanes of at least 4 members (excludes halogenated alkanes) is 1. The van der Waals surface area contributed by atoms with Gasteiger partial charge in [0, 0.05) is 44.5 Å². The Morgan fingerprint density at radius 1 is 1.36 bits per heavy atom. The summed E-state index contributed by atoms with van der Waals surface area (Å²) in [6.45, 7) is 6.92. The zero-order valence-corrected chi connectivity index (χ0v) is 13.6. The van der Waals surface area contributed by atoms with Crippen molar-refractivity contribution in [1.82, 2.24) is 19.8 Å². The third kappa shape index (κ3) is 3.35. The van der Waals surface area contributed by atoms with Gasteiger partial charge >= 0.3 is 0 Å². The number of hydrogen-bond donors (Lipinski definition) is 1. The van der Waals surface area contributed by atoms with E-state index in [4.69, 9.17) is 0 Å². The number of nitrogens with zero attached hydrogens (tertiary/aromatic N) is 3. The highest BCUT2D eigenvalue weighted by atomic mass is 16.2. The summed E-state index contributed by atoms with van der Waals surface area (Å²) >= 11 is 0. The number of likely N-dealkylation sites (tertiary alicyclic amines) is 1. The van der Waals surface area contributed by atoms with E-state index in [2.05, 4.69) is 32.9 Å². The molecular formula is C17H28N4O. The molecule has 0 radical (unpaired) electrons. The number of aromatic nitrogens is 2. The summed E-state index contributed by atoms with van der Waals surface area (Å²) in [6.07, 6.45) is 9.54. The quantitative estimate of drug-likeness (QED) is 0.905. The molecule has 2 aliphatic rings. The van der Waals surface area contributed by atoms with E-state index >= 15 is 0 Å². The molecule has 0 aromatic carbocycles. The minimum absolute atomic E-state index is 0.211. The molecule has 0 saturated carbocycles. The van der Waals surface area contributed by atoms with E-state index in [1.165, 1.54) is 18.7 Å². The highest BCUT2D eigenvalue weighted by Crippen LogP contribution is 2.28. The zero-order chi connectivity index (χ0) is 15.4. The first-order valence-corrected chi connectivity index (χ1v) is 8.80. The summed E-state index contributed by atoms with van der Waals surface area (Å²) in [5, 5.41) is 3.29. The summed E-state index contributed by atoms with van der Waals surface area (Å²) in [4.78, 5) is 19.1. The maximum atomic E-state index is 12.5. The Morgan fingerprint density at radius 3 is 2.86 bits per heavy atom. The molecule has 2 fully saturated rings. The predicted octanol–water partition coefficient (Wildman–Crippen LogP) is 2.00. The van der Waals surface area contributed by atoms with Gasteiger partial charge in [0.15, 0.2) is 0 Å². The molecule has 0 aliphatic carbocycles. The number of aryl methyl sites for hydroxylation is 1. The fraction of sp³-hybridized carbons (Fsp3) is 0.765. The molecule has 22 heavy (non-hydrogen) atoms. The first-order valence-electron chi connectivity index (χ1n) is 8.80. The third-order valence-corrected chi connectivity index (χ3v) is 5.08. The van der Waals surface area contributed by atoms with Gasteiger partial charge in [-0.25, -0.2) is 4.98 Å². The van der Waals surface area contributed by atoms with Crippen LogP contribution < -0.4 is 5.32 Å². The second kappa shape index (κ2) is 7.27. The van der Waals surface area contributed by atoms with Crippen LogP contribution in [0, 0.1) is 5.92 Å². The Labute approximate surface area is 133 Å². The van der Waals surface area contributed by atoms with E-state index in [0.717, 1.165) is 52.0 Å². The lowest BCUT2D eigenvalue weighted by atomic mass is 9.94. The Kier molecular flexibility index (Phi) is 5.13. The molecule has 1 aromatic rings. The van der Waals surface area contributed by atoms with Gasteiger partial charge in [-0.05, 0) is 32.2 Å². The Morgan fingerprint density at radius 2 is 2.18 bits per heavy atom. The van der Waals surface area contributed by atoms with Crippen LogP contribution in [0.1, 0.15) is 50.8 Å². The van der Waals surface area contributed by atoms with E-state index in [-0.39, 0.29) is 5.92 Å². The maximum absolute atomic E-state index is 12.5. The monoisotopic (exact) mass is 304 g/mol. The smallest absolute Gasteiger partial charge is 0.227 e. The van der Waals surface area contributed by atoms with Gasteiger partial charge < -0.3 is 14.8 Å². The van der Waals surface area contributed by atoms with Crippen molar-refractivity contribution < 1.29 is 4.79 Å². The van der Waals surface area contributed by atoms with E-state index in [9.17, 15) is 4.79 Å².